The number of anilines is 1. The predicted octanol–water partition coefficient (Wildman–Crippen LogP) is 4.07. The van der Waals surface area contributed by atoms with E-state index in [2.05, 4.69) is 10.3 Å². The number of amides is 1. The number of carbonyl (C=O) groups excluding carboxylic acids is 1. The maximum absolute atomic E-state index is 12.5. The maximum atomic E-state index is 12.5. The van der Waals surface area contributed by atoms with Crippen LogP contribution in [0.4, 0.5) is 16.5 Å². The Bertz CT molecular complexity index is 1080. The van der Waals surface area contributed by atoms with Crippen LogP contribution in [0.2, 0.25) is 0 Å². The third-order valence-electron chi connectivity index (χ3n) is 3.91. The Morgan fingerprint density at radius 1 is 1.21 bits per heavy atom. The molecule has 0 atom stereocenters. The van der Waals surface area contributed by atoms with Gasteiger partial charge in [-0.2, -0.15) is 0 Å². The van der Waals surface area contributed by atoms with E-state index < -0.39 is 27.1 Å². The second-order valence-corrected chi connectivity index (χ2v) is 6.69. The van der Waals surface area contributed by atoms with Crippen molar-refractivity contribution >= 4 is 44.0 Å². The van der Waals surface area contributed by atoms with Crippen molar-refractivity contribution in [2.45, 2.75) is 13.8 Å². The number of nitrogens with one attached hydrogen (secondary N) is 1. The molecule has 0 aliphatic rings. The Morgan fingerprint density at radius 2 is 1.86 bits per heavy atom. The molecule has 1 heterocycles. The largest absolute Gasteiger partial charge is 0.492 e. The Labute approximate surface area is 162 Å². The summed E-state index contributed by atoms with van der Waals surface area (Å²) in [4.78, 5) is 37.7. The summed E-state index contributed by atoms with van der Waals surface area (Å²) in [5, 5.41) is 25.1. The van der Waals surface area contributed by atoms with Crippen LogP contribution in [0.25, 0.3) is 10.2 Å². The van der Waals surface area contributed by atoms with Gasteiger partial charge in [0, 0.05) is 12.1 Å². The van der Waals surface area contributed by atoms with Crippen LogP contribution < -0.4 is 10.1 Å². The van der Waals surface area contributed by atoms with Gasteiger partial charge in [0.05, 0.1) is 26.7 Å². The van der Waals surface area contributed by atoms with Crippen LogP contribution in [0.5, 0.6) is 5.75 Å². The number of rotatable bonds is 6. The summed E-state index contributed by atoms with van der Waals surface area (Å²) in [6, 6.07) is 7.38. The smallest absolute Gasteiger partial charge is 0.279 e. The van der Waals surface area contributed by atoms with Gasteiger partial charge in [-0.05, 0) is 26.0 Å². The molecule has 3 aromatic rings. The Balaban J connectivity index is 1.97. The first-order chi connectivity index (χ1) is 13.3. The number of carbonyl (C=O) groups is 1. The van der Waals surface area contributed by atoms with Crippen molar-refractivity contribution in [3.63, 3.8) is 0 Å². The lowest BCUT2D eigenvalue weighted by molar-refractivity contribution is -0.395. The van der Waals surface area contributed by atoms with E-state index in [9.17, 15) is 25.0 Å². The molecular formula is C17H14N4O6S. The molecule has 0 spiro atoms. The lowest BCUT2D eigenvalue weighted by Gasteiger charge is -2.04. The molecule has 0 aliphatic carbocycles. The summed E-state index contributed by atoms with van der Waals surface area (Å²) in [5.74, 6) is -0.165. The maximum Gasteiger partial charge on any atom is 0.279 e. The number of nitro benzene ring substituents is 2. The summed E-state index contributed by atoms with van der Waals surface area (Å²) in [7, 11) is 0. The molecule has 3 rings (SSSR count). The van der Waals surface area contributed by atoms with Crippen LogP contribution in [-0.2, 0) is 0 Å². The molecule has 1 amide bonds. The summed E-state index contributed by atoms with van der Waals surface area (Å²) in [6.07, 6.45) is 0. The Morgan fingerprint density at radius 3 is 2.43 bits per heavy atom. The SMILES string of the molecule is CCOc1cccc2sc(NC(=O)c3cc([N+](=O)[O-])c(C)c([N+](=O)[O-])c3)nc12. The number of hydrogen-bond acceptors (Lipinski definition) is 8. The number of fused-ring (bicyclic) bond motifs is 1. The molecule has 11 heteroatoms. The summed E-state index contributed by atoms with van der Waals surface area (Å²) in [5.41, 5.74) is -0.740. The normalized spacial score (nSPS) is 10.6. The van der Waals surface area contributed by atoms with E-state index >= 15 is 0 Å². The average molecular weight is 402 g/mol. The fourth-order valence-electron chi connectivity index (χ4n) is 2.61. The van der Waals surface area contributed by atoms with Gasteiger partial charge >= 0.3 is 0 Å². The average Bonchev–Trinajstić information content (AvgIpc) is 3.05. The van der Waals surface area contributed by atoms with Gasteiger partial charge in [-0.3, -0.25) is 30.3 Å². The number of ether oxygens (including phenoxy) is 1. The number of para-hydroxylation sites is 1. The van der Waals surface area contributed by atoms with E-state index in [-0.39, 0.29) is 16.3 Å². The zero-order valence-electron chi connectivity index (χ0n) is 14.8. The molecule has 10 nitrogen and oxygen atoms in total. The number of aromatic nitrogens is 1. The molecule has 0 aliphatic heterocycles. The van der Waals surface area contributed by atoms with Crippen molar-refractivity contribution in [2.24, 2.45) is 0 Å². The van der Waals surface area contributed by atoms with Gasteiger partial charge in [-0.25, -0.2) is 4.98 Å². The highest BCUT2D eigenvalue weighted by molar-refractivity contribution is 7.22. The third kappa shape index (κ3) is 3.60. The van der Waals surface area contributed by atoms with Crippen LogP contribution in [0.3, 0.4) is 0 Å². The number of nitrogens with zero attached hydrogens (tertiary/aromatic N) is 3. The number of thiazole rings is 1. The molecule has 0 fully saturated rings. The summed E-state index contributed by atoms with van der Waals surface area (Å²) >= 11 is 1.19. The topological polar surface area (TPSA) is 138 Å². The van der Waals surface area contributed by atoms with Gasteiger partial charge in [0.2, 0.25) is 0 Å². The lowest BCUT2D eigenvalue weighted by atomic mass is 10.1. The number of nitro groups is 2. The third-order valence-corrected chi connectivity index (χ3v) is 4.85. The Hall–Kier alpha value is -3.60. The zero-order chi connectivity index (χ0) is 20.4. The van der Waals surface area contributed by atoms with Crippen LogP contribution >= 0.6 is 11.3 Å². The quantitative estimate of drug-likeness (QED) is 0.484. The standard InChI is InChI=1S/C17H14N4O6S/c1-3-27-13-5-4-6-14-15(13)18-17(28-14)19-16(22)10-7-11(20(23)24)9(2)12(8-10)21(25)26/h4-8H,3H2,1-2H3,(H,18,19,22). The zero-order valence-corrected chi connectivity index (χ0v) is 15.6. The van der Waals surface area contributed by atoms with Gasteiger partial charge in [-0.1, -0.05) is 17.4 Å². The van der Waals surface area contributed by atoms with E-state index in [1.54, 1.807) is 12.1 Å². The fraction of sp³-hybridized carbons (Fsp3) is 0.176. The van der Waals surface area contributed by atoms with Gasteiger partial charge in [0.25, 0.3) is 17.3 Å². The second kappa shape index (κ2) is 7.56. The molecule has 1 N–H and O–H groups in total. The highest BCUT2D eigenvalue weighted by Gasteiger charge is 2.25. The van der Waals surface area contributed by atoms with Crippen molar-refractivity contribution in [1.29, 1.82) is 0 Å². The summed E-state index contributed by atoms with van der Waals surface area (Å²) in [6.45, 7) is 3.56. The number of benzene rings is 2. The van der Waals surface area contributed by atoms with Crippen LogP contribution in [0.1, 0.15) is 22.8 Å². The molecule has 144 valence electrons. The monoisotopic (exact) mass is 402 g/mol. The van der Waals surface area contributed by atoms with Crippen molar-refractivity contribution in [2.75, 3.05) is 11.9 Å². The van der Waals surface area contributed by atoms with Crippen LogP contribution in [0, 0.1) is 27.2 Å². The minimum atomic E-state index is -0.759. The molecule has 0 radical (unpaired) electrons. The van der Waals surface area contributed by atoms with Gasteiger partial charge in [-0.15, -0.1) is 0 Å². The van der Waals surface area contributed by atoms with Gasteiger partial charge < -0.3 is 4.74 Å². The van der Waals surface area contributed by atoms with E-state index in [1.165, 1.54) is 18.3 Å². The highest BCUT2D eigenvalue weighted by Crippen LogP contribution is 2.33. The predicted molar refractivity (Wildman–Crippen MR) is 103 cm³/mol. The van der Waals surface area contributed by atoms with Gasteiger partial charge in [0.15, 0.2) is 5.13 Å². The molecular weight excluding hydrogens is 388 g/mol. The lowest BCUT2D eigenvalue weighted by Crippen LogP contribution is -2.13. The van der Waals surface area contributed by atoms with E-state index in [1.807, 2.05) is 13.0 Å². The number of hydrogen-bond donors (Lipinski definition) is 1. The van der Waals surface area contributed by atoms with Crippen LogP contribution in [-0.4, -0.2) is 27.3 Å². The Kier molecular flexibility index (Phi) is 5.18. The van der Waals surface area contributed by atoms with E-state index in [0.29, 0.717) is 17.9 Å². The first-order valence-corrected chi connectivity index (χ1v) is 8.90. The second-order valence-electron chi connectivity index (χ2n) is 5.66. The first-order valence-electron chi connectivity index (χ1n) is 8.09. The minimum Gasteiger partial charge on any atom is -0.492 e. The van der Waals surface area contributed by atoms with E-state index in [0.717, 1.165) is 16.8 Å². The molecule has 28 heavy (non-hydrogen) atoms. The first kappa shape index (κ1) is 19.2. The highest BCUT2D eigenvalue weighted by atomic mass is 32.1. The molecule has 0 saturated carbocycles. The molecule has 0 bridgehead atoms. The molecule has 0 saturated heterocycles. The van der Waals surface area contributed by atoms with Crippen molar-refractivity contribution < 1.29 is 19.4 Å². The molecule has 0 unspecified atom stereocenters. The fourth-order valence-corrected chi connectivity index (χ4v) is 3.49. The van der Waals surface area contributed by atoms with Crippen molar-refractivity contribution in [3.8, 4) is 5.75 Å². The van der Waals surface area contributed by atoms with Crippen LogP contribution in [0.15, 0.2) is 30.3 Å². The van der Waals surface area contributed by atoms with E-state index in [4.69, 9.17) is 4.74 Å². The van der Waals surface area contributed by atoms with Crippen molar-refractivity contribution in [1.82, 2.24) is 4.98 Å². The molecule has 1 aromatic heterocycles. The summed E-state index contributed by atoms with van der Waals surface area (Å²) < 4.78 is 6.28. The molecule has 2 aromatic carbocycles. The van der Waals surface area contributed by atoms with Crippen molar-refractivity contribution in [3.05, 3.63) is 61.7 Å². The van der Waals surface area contributed by atoms with Gasteiger partial charge in [0.1, 0.15) is 16.8 Å². The minimum absolute atomic E-state index is 0.118.